The number of carbonyl (C=O) groups excluding carboxylic acids is 2. The van der Waals surface area contributed by atoms with E-state index in [9.17, 15) is 14.4 Å². The molecule has 2 N–H and O–H groups in total. The predicted molar refractivity (Wildman–Crippen MR) is 125 cm³/mol. The smallest absolute Gasteiger partial charge is 0.322 e. The summed E-state index contributed by atoms with van der Waals surface area (Å²) in [5, 5.41) is 10.9. The fourth-order valence-electron chi connectivity index (χ4n) is 3.63. The Morgan fingerprint density at radius 1 is 0.710 bits per heavy atom. The average molecular weight is 442 g/mol. The Bertz CT molecular complexity index is 467. The van der Waals surface area contributed by atoms with Crippen molar-refractivity contribution in [3.8, 4) is 0 Å². The van der Waals surface area contributed by atoms with E-state index in [1.165, 1.54) is 51.4 Å². The minimum Gasteiger partial charge on any atom is -0.480 e. The van der Waals surface area contributed by atoms with Crippen LogP contribution in [0.15, 0.2) is 0 Å². The van der Waals surface area contributed by atoms with Crippen LogP contribution < -0.4 is 5.32 Å². The van der Waals surface area contributed by atoms with E-state index in [4.69, 9.17) is 9.84 Å². The van der Waals surface area contributed by atoms with E-state index in [2.05, 4.69) is 19.2 Å². The summed E-state index contributed by atoms with van der Waals surface area (Å²) in [5.41, 5.74) is 0. The van der Waals surface area contributed by atoms with Crippen LogP contribution in [0.5, 0.6) is 0 Å². The van der Waals surface area contributed by atoms with Gasteiger partial charge in [-0.25, -0.2) is 0 Å². The van der Waals surface area contributed by atoms with Gasteiger partial charge in [0.05, 0.1) is 0 Å². The van der Waals surface area contributed by atoms with E-state index in [-0.39, 0.29) is 24.5 Å². The zero-order chi connectivity index (χ0) is 23.2. The Labute approximate surface area is 189 Å². The topological polar surface area (TPSA) is 92.7 Å². The first kappa shape index (κ1) is 29.4. The van der Waals surface area contributed by atoms with E-state index in [0.29, 0.717) is 12.8 Å². The molecule has 0 spiro atoms. The van der Waals surface area contributed by atoms with Gasteiger partial charge >= 0.3 is 11.9 Å². The highest BCUT2D eigenvalue weighted by Crippen LogP contribution is 2.17. The summed E-state index contributed by atoms with van der Waals surface area (Å²) < 4.78 is 5.78. The Morgan fingerprint density at radius 2 is 1.19 bits per heavy atom. The van der Waals surface area contributed by atoms with E-state index in [0.717, 1.165) is 51.4 Å². The minimum atomic E-state index is -1.03. The van der Waals surface area contributed by atoms with Crippen molar-refractivity contribution in [2.24, 2.45) is 0 Å². The van der Waals surface area contributed by atoms with Crippen LogP contribution in [0.4, 0.5) is 0 Å². The molecule has 0 aliphatic heterocycles. The van der Waals surface area contributed by atoms with E-state index in [1.54, 1.807) is 0 Å². The van der Waals surface area contributed by atoms with Gasteiger partial charge < -0.3 is 15.2 Å². The normalized spacial score (nSPS) is 11.8. The number of unbranched alkanes of at least 4 members (excludes halogenated alkanes) is 11. The van der Waals surface area contributed by atoms with Crippen molar-refractivity contribution >= 4 is 17.8 Å². The first-order valence-corrected chi connectivity index (χ1v) is 12.7. The zero-order valence-electron chi connectivity index (χ0n) is 20.1. The second-order valence-corrected chi connectivity index (χ2v) is 8.60. The monoisotopic (exact) mass is 441 g/mol. The molecule has 0 saturated heterocycles. The lowest BCUT2D eigenvalue weighted by atomic mass is 10.0. The number of carbonyl (C=O) groups is 3. The third-order valence-corrected chi connectivity index (χ3v) is 5.53. The van der Waals surface area contributed by atoms with Crippen LogP contribution in [0.3, 0.4) is 0 Å². The summed E-state index contributed by atoms with van der Waals surface area (Å²) in [6.07, 6.45) is 18.1. The van der Waals surface area contributed by atoms with Gasteiger partial charge in [-0.15, -0.1) is 0 Å². The number of carboxylic acid groups (broad SMARTS) is 1. The Hall–Kier alpha value is -1.59. The standard InChI is InChI=1S/C25H47NO5/c1-3-5-7-9-10-11-16-20-25(30)31-22(17-13-8-6-4-2)18-14-12-15-19-23(27)26-21-24(28)29/h22H,3-21H2,1-2H3,(H,26,27)(H,28,29). The van der Waals surface area contributed by atoms with Crippen LogP contribution in [0.1, 0.15) is 129 Å². The van der Waals surface area contributed by atoms with Gasteiger partial charge in [0.15, 0.2) is 0 Å². The molecule has 1 amide bonds. The summed E-state index contributed by atoms with van der Waals surface area (Å²) in [6, 6.07) is 0. The van der Waals surface area contributed by atoms with Crippen molar-refractivity contribution in [1.29, 1.82) is 0 Å². The summed E-state index contributed by atoms with van der Waals surface area (Å²) >= 11 is 0. The molecule has 0 aliphatic rings. The lowest BCUT2D eigenvalue weighted by Gasteiger charge is -2.18. The highest BCUT2D eigenvalue weighted by atomic mass is 16.5. The molecule has 6 heteroatoms. The quantitative estimate of drug-likeness (QED) is 0.155. The van der Waals surface area contributed by atoms with Gasteiger partial charge in [0.1, 0.15) is 12.6 Å². The van der Waals surface area contributed by atoms with Gasteiger partial charge in [-0.1, -0.05) is 78.1 Å². The summed E-state index contributed by atoms with van der Waals surface area (Å²) in [4.78, 5) is 34.3. The van der Waals surface area contributed by atoms with Crippen LogP contribution >= 0.6 is 0 Å². The molecule has 0 saturated carbocycles. The van der Waals surface area contributed by atoms with Crippen molar-refractivity contribution < 1.29 is 24.2 Å². The Kier molecular flexibility index (Phi) is 20.5. The number of amides is 1. The largest absolute Gasteiger partial charge is 0.480 e. The first-order valence-electron chi connectivity index (χ1n) is 12.7. The molecule has 0 aromatic rings. The molecular weight excluding hydrogens is 394 g/mol. The molecule has 6 nitrogen and oxygen atoms in total. The molecule has 0 bridgehead atoms. The summed E-state index contributed by atoms with van der Waals surface area (Å²) in [6.45, 7) is 4.08. The van der Waals surface area contributed by atoms with Gasteiger partial charge in [0, 0.05) is 12.8 Å². The van der Waals surface area contributed by atoms with Crippen LogP contribution in [-0.4, -0.2) is 35.6 Å². The first-order chi connectivity index (χ1) is 15.0. The molecule has 0 aliphatic carbocycles. The lowest BCUT2D eigenvalue weighted by Crippen LogP contribution is -2.28. The Balaban J connectivity index is 4.05. The molecular formula is C25H47NO5. The third kappa shape index (κ3) is 21.4. The zero-order valence-corrected chi connectivity index (χ0v) is 20.1. The fraction of sp³-hybridized carbons (Fsp3) is 0.880. The van der Waals surface area contributed by atoms with Crippen LogP contribution in [0.25, 0.3) is 0 Å². The highest BCUT2D eigenvalue weighted by molar-refractivity contribution is 5.80. The molecule has 0 fully saturated rings. The number of esters is 1. The molecule has 182 valence electrons. The van der Waals surface area contributed by atoms with Gasteiger partial charge in [-0.3, -0.25) is 14.4 Å². The van der Waals surface area contributed by atoms with E-state index >= 15 is 0 Å². The maximum Gasteiger partial charge on any atom is 0.322 e. The predicted octanol–water partition coefficient (Wildman–Crippen LogP) is 6.16. The molecule has 0 heterocycles. The molecule has 0 radical (unpaired) electrons. The maximum absolute atomic E-state index is 12.3. The number of rotatable bonds is 22. The summed E-state index contributed by atoms with van der Waals surface area (Å²) in [5.74, 6) is -1.32. The number of ether oxygens (including phenoxy) is 1. The number of carboxylic acids is 1. The number of hydrogen-bond donors (Lipinski definition) is 2. The number of aliphatic carboxylic acids is 1. The van der Waals surface area contributed by atoms with Crippen LogP contribution in [0, 0.1) is 0 Å². The third-order valence-electron chi connectivity index (χ3n) is 5.53. The van der Waals surface area contributed by atoms with E-state index in [1.807, 2.05) is 0 Å². The number of nitrogens with one attached hydrogen (secondary N) is 1. The maximum atomic E-state index is 12.3. The second kappa shape index (κ2) is 21.6. The molecule has 0 rings (SSSR count). The molecule has 0 aromatic heterocycles. The molecule has 0 aromatic carbocycles. The van der Waals surface area contributed by atoms with Crippen molar-refractivity contribution in [2.75, 3.05) is 6.54 Å². The van der Waals surface area contributed by atoms with Crippen LogP contribution in [0.2, 0.25) is 0 Å². The molecule has 1 atom stereocenters. The van der Waals surface area contributed by atoms with Gasteiger partial charge in [0.25, 0.3) is 0 Å². The number of hydrogen-bond acceptors (Lipinski definition) is 4. The lowest BCUT2D eigenvalue weighted by molar-refractivity contribution is -0.150. The van der Waals surface area contributed by atoms with Gasteiger partial charge in [-0.2, -0.15) is 0 Å². The van der Waals surface area contributed by atoms with Crippen LogP contribution in [-0.2, 0) is 19.1 Å². The summed E-state index contributed by atoms with van der Waals surface area (Å²) in [7, 11) is 0. The average Bonchev–Trinajstić information content (AvgIpc) is 2.74. The van der Waals surface area contributed by atoms with E-state index < -0.39 is 5.97 Å². The van der Waals surface area contributed by atoms with Crippen molar-refractivity contribution in [2.45, 2.75) is 136 Å². The van der Waals surface area contributed by atoms with Crippen molar-refractivity contribution in [3.63, 3.8) is 0 Å². The highest BCUT2D eigenvalue weighted by Gasteiger charge is 2.14. The molecule has 1 unspecified atom stereocenters. The van der Waals surface area contributed by atoms with Gasteiger partial charge in [-0.05, 0) is 38.5 Å². The molecule has 31 heavy (non-hydrogen) atoms. The second-order valence-electron chi connectivity index (χ2n) is 8.60. The fourth-order valence-corrected chi connectivity index (χ4v) is 3.63. The SMILES string of the molecule is CCCCCCCCCC(=O)OC(CCCCCC)CCCCCC(=O)NCC(=O)O. The minimum absolute atomic E-state index is 0.0188. The van der Waals surface area contributed by atoms with Gasteiger partial charge in [0.2, 0.25) is 5.91 Å². The van der Waals surface area contributed by atoms with Crippen molar-refractivity contribution in [3.05, 3.63) is 0 Å². The Morgan fingerprint density at radius 3 is 1.77 bits per heavy atom. The van der Waals surface area contributed by atoms with Crippen molar-refractivity contribution in [1.82, 2.24) is 5.32 Å².